The molecule has 18 heavy (non-hydrogen) atoms. The zero-order valence-electron chi connectivity index (χ0n) is 9.57. The lowest BCUT2D eigenvalue weighted by molar-refractivity contribution is -0.120. The molecule has 1 aliphatic rings. The Hall–Kier alpha value is -1.40. The van der Waals surface area contributed by atoms with Crippen LogP contribution in [0.25, 0.3) is 0 Å². The molecule has 1 aromatic carbocycles. The lowest BCUT2D eigenvalue weighted by atomic mass is 10.1. The maximum Gasteiger partial charge on any atom is 0.337 e. The summed E-state index contributed by atoms with van der Waals surface area (Å²) in [5.74, 6) is -1.28. The number of aromatic carboxylic acids is 1. The maximum absolute atomic E-state index is 12.0. The van der Waals surface area contributed by atoms with Gasteiger partial charge in [-0.05, 0) is 31.0 Å². The van der Waals surface area contributed by atoms with Crippen LogP contribution in [0.1, 0.15) is 23.2 Å². The van der Waals surface area contributed by atoms with Crippen molar-refractivity contribution < 1.29 is 14.7 Å². The molecule has 0 aromatic heterocycles. The van der Waals surface area contributed by atoms with Crippen molar-refractivity contribution >= 4 is 33.5 Å². The smallest absolute Gasteiger partial charge is 0.337 e. The molecule has 0 aliphatic heterocycles. The van der Waals surface area contributed by atoms with Gasteiger partial charge in [-0.3, -0.25) is 4.79 Å². The molecule has 5 nitrogen and oxygen atoms in total. The Kier molecular flexibility index (Phi) is 3.41. The highest BCUT2D eigenvalue weighted by Crippen LogP contribution is 2.45. The second-order valence-electron chi connectivity index (χ2n) is 4.43. The lowest BCUT2D eigenvalue weighted by Crippen LogP contribution is -2.31. The van der Waals surface area contributed by atoms with Gasteiger partial charge in [0.05, 0.1) is 16.7 Å². The molecule has 4 N–H and O–H groups in total. The van der Waals surface area contributed by atoms with Gasteiger partial charge >= 0.3 is 5.97 Å². The third-order valence-corrected chi connectivity index (χ3v) is 3.68. The van der Waals surface area contributed by atoms with Crippen LogP contribution in [-0.4, -0.2) is 23.5 Å². The molecular formula is C12H13BrN2O3. The van der Waals surface area contributed by atoms with Crippen LogP contribution in [0.3, 0.4) is 0 Å². The third-order valence-electron chi connectivity index (χ3n) is 3.19. The summed E-state index contributed by atoms with van der Waals surface area (Å²) >= 11 is 3.20. The molecule has 1 amide bonds. The Bertz CT molecular complexity index is 512. The Labute approximate surface area is 112 Å². The average molecular weight is 313 g/mol. The van der Waals surface area contributed by atoms with Crippen molar-refractivity contribution in [3.05, 3.63) is 28.2 Å². The summed E-state index contributed by atoms with van der Waals surface area (Å²) in [7, 11) is 0. The summed E-state index contributed by atoms with van der Waals surface area (Å²) in [5, 5.41) is 11.7. The van der Waals surface area contributed by atoms with Crippen LogP contribution in [0.5, 0.6) is 0 Å². The molecule has 2 rings (SSSR count). The van der Waals surface area contributed by atoms with Gasteiger partial charge in [0.2, 0.25) is 5.91 Å². The van der Waals surface area contributed by atoms with Crippen molar-refractivity contribution in [1.82, 2.24) is 0 Å². The number of nitrogens with one attached hydrogen (secondary N) is 1. The minimum atomic E-state index is -1.08. The largest absolute Gasteiger partial charge is 0.478 e. The molecule has 1 aliphatic carbocycles. The first kappa shape index (κ1) is 13.0. The first-order valence-corrected chi connectivity index (χ1v) is 6.32. The van der Waals surface area contributed by atoms with Crippen molar-refractivity contribution in [2.75, 3.05) is 11.9 Å². The molecule has 1 fully saturated rings. The number of hydrogen-bond donors (Lipinski definition) is 3. The summed E-state index contributed by atoms with van der Waals surface area (Å²) in [6.45, 7) is 0.289. The Morgan fingerprint density at radius 3 is 2.61 bits per heavy atom. The normalized spacial score (nSPS) is 16.1. The van der Waals surface area contributed by atoms with E-state index >= 15 is 0 Å². The molecule has 0 radical (unpaired) electrons. The van der Waals surface area contributed by atoms with Crippen LogP contribution in [0.4, 0.5) is 5.69 Å². The first-order chi connectivity index (χ1) is 8.48. The molecule has 6 heteroatoms. The number of hydrogen-bond acceptors (Lipinski definition) is 3. The van der Waals surface area contributed by atoms with Crippen molar-refractivity contribution in [3.8, 4) is 0 Å². The van der Waals surface area contributed by atoms with Gasteiger partial charge in [0.25, 0.3) is 0 Å². The minimum Gasteiger partial charge on any atom is -0.478 e. The average Bonchev–Trinajstić information content (AvgIpc) is 3.12. The number of nitrogens with two attached hydrogens (primary N) is 1. The zero-order valence-corrected chi connectivity index (χ0v) is 11.2. The van der Waals surface area contributed by atoms with Gasteiger partial charge in [-0.25, -0.2) is 4.79 Å². The van der Waals surface area contributed by atoms with Crippen LogP contribution in [-0.2, 0) is 4.79 Å². The highest BCUT2D eigenvalue weighted by molar-refractivity contribution is 9.10. The third kappa shape index (κ3) is 2.39. The molecule has 0 spiro atoms. The van der Waals surface area contributed by atoms with E-state index in [0.29, 0.717) is 10.2 Å². The fourth-order valence-electron chi connectivity index (χ4n) is 1.73. The number of amides is 1. The minimum absolute atomic E-state index is 0.0607. The highest BCUT2D eigenvalue weighted by Gasteiger charge is 2.48. The van der Waals surface area contributed by atoms with Gasteiger partial charge in [-0.1, -0.05) is 15.9 Å². The van der Waals surface area contributed by atoms with Gasteiger partial charge in [0.1, 0.15) is 0 Å². The fourth-order valence-corrected chi connectivity index (χ4v) is 2.09. The van der Waals surface area contributed by atoms with E-state index in [2.05, 4.69) is 21.2 Å². The molecule has 0 bridgehead atoms. The van der Waals surface area contributed by atoms with E-state index in [-0.39, 0.29) is 18.0 Å². The van der Waals surface area contributed by atoms with Gasteiger partial charge in [-0.15, -0.1) is 0 Å². The summed E-state index contributed by atoms with van der Waals surface area (Å²) in [5.41, 5.74) is 5.43. The number of carbonyl (C=O) groups excluding carboxylic acids is 1. The van der Waals surface area contributed by atoms with Crippen LogP contribution in [0.2, 0.25) is 0 Å². The molecule has 0 heterocycles. The highest BCUT2D eigenvalue weighted by atomic mass is 79.9. The predicted octanol–water partition coefficient (Wildman–Crippen LogP) is 1.82. The topological polar surface area (TPSA) is 92.4 Å². The summed E-state index contributed by atoms with van der Waals surface area (Å²) < 4.78 is 0.651. The van der Waals surface area contributed by atoms with Crippen LogP contribution in [0.15, 0.2) is 22.7 Å². The Morgan fingerprint density at radius 1 is 1.44 bits per heavy atom. The number of anilines is 1. The summed E-state index contributed by atoms with van der Waals surface area (Å²) in [6.07, 6.45) is 1.52. The quantitative estimate of drug-likeness (QED) is 0.790. The van der Waals surface area contributed by atoms with Crippen molar-refractivity contribution in [1.29, 1.82) is 0 Å². The predicted molar refractivity (Wildman–Crippen MR) is 70.5 cm³/mol. The molecule has 0 atom stereocenters. The van der Waals surface area contributed by atoms with Gasteiger partial charge in [-0.2, -0.15) is 0 Å². The molecule has 1 aromatic rings. The number of carboxylic acids is 1. The van der Waals surface area contributed by atoms with Crippen molar-refractivity contribution in [2.45, 2.75) is 12.8 Å². The van der Waals surface area contributed by atoms with Crippen LogP contribution >= 0.6 is 15.9 Å². The second-order valence-corrected chi connectivity index (χ2v) is 5.35. The summed E-state index contributed by atoms with van der Waals surface area (Å²) in [4.78, 5) is 23.1. The van der Waals surface area contributed by atoms with E-state index in [0.717, 1.165) is 12.8 Å². The number of benzene rings is 1. The van der Waals surface area contributed by atoms with Gasteiger partial charge in [0.15, 0.2) is 0 Å². The number of carbonyl (C=O) groups is 2. The van der Waals surface area contributed by atoms with E-state index in [9.17, 15) is 9.59 Å². The molecule has 0 saturated heterocycles. The van der Waals surface area contributed by atoms with Gasteiger partial charge < -0.3 is 16.2 Å². The van der Waals surface area contributed by atoms with Crippen molar-refractivity contribution in [2.24, 2.45) is 11.1 Å². The molecule has 0 unspecified atom stereocenters. The molecular weight excluding hydrogens is 300 g/mol. The van der Waals surface area contributed by atoms with E-state index in [1.807, 2.05) is 0 Å². The summed E-state index contributed by atoms with van der Waals surface area (Å²) in [6, 6.07) is 4.71. The van der Waals surface area contributed by atoms with Gasteiger partial charge in [0, 0.05) is 11.0 Å². The molecule has 1 saturated carbocycles. The number of rotatable bonds is 4. The van der Waals surface area contributed by atoms with E-state index < -0.39 is 11.4 Å². The first-order valence-electron chi connectivity index (χ1n) is 5.53. The fraction of sp³-hybridized carbons (Fsp3) is 0.333. The zero-order chi connectivity index (χ0) is 13.3. The van der Waals surface area contributed by atoms with Crippen LogP contribution < -0.4 is 11.1 Å². The maximum atomic E-state index is 12.0. The van der Waals surface area contributed by atoms with E-state index in [4.69, 9.17) is 10.8 Å². The second kappa shape index (κ2) is 4.70. The monoisotopic (exact) mass is 312 g/mol. The van der Waals surface area contributed by atoms with E-state index in [1.54, 1.807) is 12.1 Å². The number of carboxylic acid groups (broad SMARTS) is 1. The van der Waals surface area contributed by atoms with Crippen LogP contribution in [0, 0.1) is 5.41 Å². The number of halogens is 1. The Balaban J connectivity index is 2.24. The Morgan fingerprint density at radius 2 is 2.11 bits per heavy atom. The lowest BCUT2D eigenvalue weighted by Gasteiger charge is -2.14. The SMILES string of the molecule is NCC1(C(=O)Nc2ccc(Br)cc2C(=O)O)CC1. The van der Waals surface area contributed by atoms with E-state index in [1.165, 1.54) is 6.07 Å². The molecule has 96 valence electrons. The van der Waals surface area contributed by atoms with Crippen molar-refractivity contribution in [3.63, 3.8) is 0 Å². The standard InChI is InChI=1S/C12H13BrN2O3/c13-7-1-2-9(8(5-7)10(16)17)15-11(18)12(6-14)3-4-12/h1-2,5H,3-4,6,14H2,(H,15,18)(H,16,17).